The Morgan fingerprint density at radius 2 is 1.86 bits per heavy atom. The van der Waals surface area contributed by atoms with E-state index in [0.29, 0.717) is 22.6 Å². The van der Waals surface area contributed by atoms with Gasteiger partial charge in [-0.3, -0.25) is 0 Å². The third kappa shape index (κ3) is 3.54. The maximum atomic E-state index is 12.8. The van der Waals surface area contributed by atoms with E-state index in [1.807, 2.05) is 11.6 Å². The Morgan fingerprint density at radius 3 is 2.54 bits per heavy atom. The van der Waals surface area contributed by atoms with Gasteiger partial charge < -0.3 is 14.8 Å². The van der Waals surface area contributed by atoms with Crippen molar-refractivity contribution in [3.05, 3.63) is 36.2 Å². The van der Waals surface area contributed by atoms with Crippen molar-refractivity contribution in [1.29, 1.82) is 0 Å². The Morgan fingerprint density at radius 1 is 1.11 bits per heavy atom. The highest BCUT2D eigenvalue weighted by Crippen LogP contribution is 2.33. The van der Waals surface area contributed by atoms with Crippen molar-refractivity contribution in [2.45, 2.75) is 25.1 Å². The van der Waals surface area contributed by atoms with Gasteiger partial charge in [-0.25, -0.2) is 4.98 Å². The highest BCUT2D eigenvalue weighted by molar-refractivity contribution is 5.95. The van der Waals surface area contributed by atoms with Crippen LogP contribution in [0.4, 0.5) is 19.0 Å². The molecule has 3 heterocycles. The topological polar surface area (TPSA) is 58.9 Å². The molecule has 4 rings (SSSR count). The molecular formula is C19H21F3N6. The van der Waals surface area contributed by atoms with Gasteiger partial charge in [0.25, 0.3) is 0 Å². The fourth-order valence-corrected chi connectivity index (χ4v) is 3.66. The number of nitrogens with zero attached hydrogens (tertiary/aromatic N) is 5. The number of halogens is 3. The van der Waals surface area contributed by atoms with Gasteiger partial charge in [0, 0.05) is 25.2 Å². The zero-order valence-electron chi connectivity index (χ0n) is 15.7. The highest BCUT2D eigenvalue weighted by Gasteiger charge is 2.30. The van der Waals surface area contributed by atoms with Crippen molar-refractivity contribution in [1.82, 2.24) is 24.6 Å². The molecule has 6 nitrogen and oxygen atoms in total. The summed E-state index contributed by atoms with van der Waals surface area (Å²) < 4.78 is 40.3. The van der Waals surface area contributed by atoms with Gasteiger partial charge in [-0.2, -0.15) is 13.2 Å². The monoisotopic (exact) mass is 390 g/mol. The number of hydrogen-bond acceptors (Lipinski definition) is 5. The van der Waals surface area contributed by atoms with Crippen molar-refractivity contribution in [3.8, 4) is 11.3 Å². The fraction of sp³-hybridized carbons (Fsp3) is 0.421. The number of rotatable bonds is 3. The van der Waals surface area contributed by atoms with Crippen molar-refractivity contribution in [2.24, 2.45) is 7.05 Å². The third-order valence-electron chi connectivity index (χ3n) is 5.09. The summed E-state index contributed by atoms with van der Waals surface area (Å²) in [6.07, 6.45) is -0.545. The van der Waals surface area contributed by atoms with Crippen LogP contribution in [0.3, 0.4) is 0 Å². The van der Waals surface area contributed by atoms with E-state index < -0.39 is 11.7 Å². The summed E-state index contributed by atoms with van der Waals surface area (Å²) in [4.78, 5) is 6.69. The predicted octanol–water partition coefficient (Wildman–Crippen LogP) is 3.56. The second kappa shape index (κ2) is 7.05. The fourth-order valence-electron chi connectivity index (χ4n) is 3.66. The Kier molecular flexibility index (Phi) is 4.70. The van der Waals surface area contributed by atoms with E-state index in [1.165, 1.54) is 12.1 Å². The van der Waals surface area contributed by atoms with E-state index in [2.05, 4.69) is 32.4 Å². The quantitative estimate of drug-likeness (QED) is 0.741. The van der Waals surface area contributed by atoms with Crippen LogP contribution in [-0.2, 0) is 13.2 Å². The molecule has 1 fully saturated rings. The lowest BCUT2D eigenvalue weighted by Crippen LogP contribution is -2.40. The number of likely N-dealkylation sites (tertiary alicyclic amines) is 1. The SMILES string of the molecule is CN1CCC[C@@H](Nc2nnc(-c3ccc(C(F)(F)F)cc3)c3ncn(C)c23)C1. The summed E-state index contributed by atoms with van der Waals surface area (Å²) in [6.45, 7) is 2.00. The lowest BCUT2D eigenvalue weighted by molar-refractivity contribution is -0.137. The molecule has 9 heteroatoms. The van der Waals surface area contributed by atoms with E-state index in [1.54, 1.807) is 6.33 Å². The number of benzene rings is 1. The van der Waals surface area contributed by atoms with Crippen molar-refractivity contribution >= 4 is 16.9 Å². The van der Waals surface area contributed by atoms with Crippen LogP contribution in [0.25, 0.3) is 22.3 Å². The average Bonchev–Trinajstić information content (AvgIpc) is 3.04. The van der Waals surface area contributed by atoms with Gasteiger partial charge in [-0.05, 0) is 38.6 Å². The molecule has 0 amide bonds. The average molecular weight is 390 g/mol. The molecular weight excluding hydrogens is 369 g/mol. The van der Waals surface area contributed by atoms with E-state index >= 15 is 0 Å². The summed E-state index contributed by atoms with van der Waals surface area (Å²) >= 11 is 0. The molecule has 2 aromatic heterocycles. The summed E-state index contributed by atoms with van der Waals surface area (Å²) in [7, 11) is 3.96. The number of aromatic nitrogens is 4. The Bertz CT molecular complexity index is 980. The van der Waals surface area contributed by atoms with Crippen LogP contribution in [-0.4, -0.2) is 50.8 Å². The van der Waals surface area contributed by atoms with Gasteiger partial charge in [0.05, 0.1) is 11.9 Å². The highest BCUT2D eigenvalue weighted by atomic mass is 19.4. The maximum Gasteiger partial charge on any atom is 0.416 e. The molecule has 28 heavy (non-hydrogen) atoms. The van der Waals surface area contributed by atoms with Crippen LogP contribution in [0.15, 0.2) is 30.6 Å². The first-order valence-electron chi connectivity index (χ1n) is 9.13. The second-order valence-corrected chi connectivity index (χ2v) is 7.27. The molecule has 1 aromatic carbocycles. The number of piperidine rings is 1. The molecule has 148 valence electrons. The van der Waals surface area contributed by atoms with E-state index in [0.717, 1.165) is 43.6 Å². The van der Waals surface area contributed by atoms with Crippen LogP contribution in [0.1, 0.15) is 18.4 Å². The number of alkyl halides is 3. The largest absolute Gasteiger partial charge is 0.416 e. The maximum absolute atomic E-state index is 12.8. The molecule has 0 unspecified atom stereocenters. The molecule has 0 radical (unpaired) electrons. The molecule has 0 saturated carbocycles. The molecule has 1 atom stereocenters. The Labute approximate surface area is 160 Å². The third-order valence-corrected chi connectivity index (χ3v) is 5.09. The number of likely N-dealkylation sites (N-methyl/N-ethyl adjacent to an activating group) is 1. The molecule has 0 bridgehead atoms. The molecule has 1 aliphatic rings. The first-order valence-corrected chi connectivity index (χ1v) is 9.13. The van der Waals surface area contributed by atoms with Crippen LogP contribution < -0.4 is 5.32 Å². The van der Waals surface area contributed by atoms with Gasteiger partial charge in [-0.1, -0.05) is 12.1 Å². The van der Waals surface area contributed by atoms with Gasteiger partial charge in [0.1, 0.15) is 16.7 Å². The Hall–Kier alpha value is -2.68. The van der Waals surface area contributed by atoms with Gasteiger partial charge in [0.2, 0.25) is 0 Å². The number of fused-ring (bicyclic) bond motifs is 1. The summed E-state index contributed by atoms with van der Waals surface area (Å²) in [5, 5.41) is 12.1. The Balaban J connectivity index is 1.70. The molecule has 1 N–H and O–H groups in total. The zero-order valence-corrected chi connectivity index (χ0v) is 15.7. The second-order valence-electron chi connectivity index (χ2n) is 7.27. The normalized spacial score (nSPS) is 18.5. The number of aryl methyl sites for hydroxylation is 1. The number of anilines is 1. The van der Waals surface area contributed by atoms with E-state index in [9.17, 15) is 13.2 Å². The summed E-state index contributed by atoms with van der Waals surface area (Å²) in [6, 6.07) is 5.18. The van der Waals surface area contributed by atoms with Gasteiger partial charge in [-0.15, -0.1) is 10.2 Å². The minimum absolute atomic E-state index is 0.267. The van der Waals surface area contributed by atoms with Crippen LogP contribution >= 0.6 is 0 Å². The summed E-state index contributed by atoms with van der Waals surface area (Å²) in [5.74, 6) is 0.644. The number of nitrogens with one attached hydrogen (secondary N) is 1. The van der Waals surface area contributed by atoms with Crippen LogP contribution in [0.2, 0.25) is 0 Å². The minimum atomic E-state index is -4.37. The minimum Gasteiger partial charge on any atom is -0.363 e. The first-order chi connectivity index (χ1) is 13.3. The molecule has 0 aliphatic carbocycles. The van der Waals surface area contributed by atoms with E-state index in [4.69, 9.17) is 0 Å². The van der Waals surface area contributed by atoms with Crippen LogP contribution in [0, 0.1) is 0 Å². The number of imidazole rings is 1. The van der Waals surface area contributed by atoms with Crippen molar-refractivity contribution < 1.29 is 13.2 Å². The van der Waals surface area contributed by atoms with Crippen molar-refractivity contribution in [3.63, 3.8) is 0 Å². The number of hydrogen-bond donors (Lipinski definition) is 1. The van der Waals surface area contributed by atoms with E-state index in [-0.39, 0.29) is 6.04 Å². The molecule has 3 aromatic rings. The lowest BCUT2D eigenvalue weighted by Gasteiger charge is -2.30. The van der Waals surface area contributed by atoms with Gasteiger partial charge in [0.15, 0.2) is 5.82 Å². The van der Waals surface area contributed by atoms with Gasteiger partial charge >= 0.3 is 6.18 Å². The predicted molar refractivity (Wildman–Crippen MR) is 101 cm³/mol. The molecule has 1 aliphatic heterocycles. The lowest BCUT2D eigenvalue weighted by atomic mass is 10.1. The zero-order chi connectivity index (χ0) is 19.9. The van der Waals surface area contributed by atoms with Crippen LogP contribution in [0.5, 0.6) is 0 Å². The van der Waals surface area contributed by atoms with Crippen molar-refractivity contribution in [2.75, 3.05) is 25.5 Å². The first kappa shape index (κ1) is 18.7. The molecule has 1 saturated heterocycles. The standard InChI is InChI=1S/C19H21F3N6/c1-27-9-3-4-14(10-27)24-18-17-16(23-11-28(17)2)15(25-26-18)12-5-7-13(8-6-12)19(20,21)22/h5-8,11,14H,3-4,9-10H2,1-2H3,(H,24,26)/t14-/m1/s1. The smallest absolute Gasteiger partial charge is 0.363 e. The summed E-state index contributed by atoms with van der Waals surface area (Å²) in [5.41, 5.74) is 1.73. The molecule has 0 spiro atoms.